The first-order chi connectivity index (χ1) is 8.76. The summed E-state index contributed by atoms with van der Waals surface area (Å²) in [5, 5.41) is 7.56. The van der Waals surface area contributed by atoms with Gasteiger partial charge >= 0.3 is 5.97 Å². The molecular weight excluding hydrogens is 266 g/mol. The van der Waals surface area contributed by atoms with Crippen LogP contribution in [0, 0.1) is 13.8 Å². The summed E-state index contributed by atoms with van der Waals surface area (Å²) in [6, 6.07) is 5.45. The molecule has 0 fully saturated rings. The maximum atomic E-state index is 12.1. The number of aryl methyl sites for hydroxylation is 2. The molecule has 1 atom stereocenters. The van der Waals surface area contributed by atoms with E-state index in [2.05, 4.69) is 0 Å². The summed E-state index contributed by atoms with van der Waals surface area (Å²) in [4.78, 5) is 11.0. The molecule has 1 aromatic rings. The molecule has 0 amide bonds. The molecule has 0 aliphatic carbocycles. The molecule has 1 rings (SSSR count). The van der Waals surface area contributed by atoms with Gasteiger partial charge in [0.05, 0.1) is 5.75 Å². The van der Waals surface area contributed by atoms with Gasteiger partial charge in [0.2, 0.25) is 0 Å². The van der Waals surface area contributed by atoms with Crippen molar-refractivity contribution in [3.63, 3.8) is 0 Å². The number of nitrogens with two attached hydrogens (primary N) is 1. The van der Waals surface area contributed by atoms with Crippen molar-refractivity contribution in [1.82, 2.24) is 0 Å². The highest BCUT2D eigenvalue weighted by molar-refractivity contribution is 7.92. The van der Waals surface area contributed by atoms with Gasteiger partial charge in [0, 0.05) is 0 Å². The number of hydrogen-bond donors (Lipinski definition) is 2. The van der Waals surface area contributed by atoms with E-state index in [0.717, 1.165) is 11.1 Å². The van der Waals surface area contributed by atoms with Gasteiger partial charge in [-0.15, -0.1) is 0 Å². The zero-order chi connectivity index (χ0) is 14.6. The van der Waals surface area contributed by atoms with Crippen molar-refractivity contribution in [2.45, 2.75) is 31.3 Å². The highest BCUT2D eigenvalue weighted by Gasteiger charge is 2.31. The van der Waals surface area contributed by atoms with Crippen molar-refractivity contribution in [2.75, 3.05) is 6.54 Å². The first-order valence-electron chi connectivity index (χ1n) is 5.98. The molecule has 0 saturated heterocycles. The maximum Gasteiger partial charge on any atom is 0.321 e. The number of carbonyl (C=O) groups is 1. The number of rotatable bonds is 6. The largest absolute Gasteiger partial charge is 0.480 e. The normalized spacial score (nSPS) is 13.2. The van der Waals surface area contributed by atoms with Crippen molar-refractivity contribution < 1.29 is 18.3 Å². The third-order valence-corrected chi connectivity index (χ3v) is 4.83. The third-order valence-electron chi connectivity index (χ3n) is 2.79. The molecule has 5 nitrogen and oxygen atoms in total. The van der Waals surface area contributed by atoms with Crippen molar-refractivity contribution in [3.8, 4) is 0 Å². The SMILES string of the molecule is Cc1cc(C)cc(CS(=O)(=O)C(CCN)C(=O)O)c1. The van der Waals surface area contributed by atoms with E-state index in [-0.39, 0.29) is 18.7 Å². The average molecular weight is 285 g/mol. The maximum absolute atomic E-state index is 12.1. The van der Waals surface area contributed by atoms with Crippen LogP contribution in [0.1, 0.15) is 23.1 Å². The fourth-order valence-corrected chi connectivity index (χ4v) is 3.73. The van der Waals surface area contributed by atoms with E-state index >= 15 is 0 Å². The van der Waals surface area contributed by atoms with Gasteiger partial charge in [0.15, 0.2) is 15.1 Å². The molecule has 1 aromatic carbocycles. The Morgan fingerprint density at radius 1 is 1.26 bits per heavy atom. The number of benzene rings is 1. The summed E-state index contributed by atoms with van der Waals surface area (Å²) in [7, 11) is -3.75. The molecule has 3 N–H and O–H groups in total. The van der Waals surface area contributed by atoms with E-state index in [1.807, 2.05) is 19.9 Å². The molecule has 0 bridgehead atoms. The Hall–Kier alpha value is -1.40. The molecular formula is C13H19NO4S. The monoisotopic (exact) mass is 285 g/mol. The summed E-state index contributed by atoms with van der Waals surface area (Å²) in [5.41, 5.74) is 7.80. The van der Waals surface area contributed by atoms with Crippen LogP contribution in [-0.4, -0.2) is 31.3 Å². The smallest absolute Gasteiger partial charge is 0.321 e. The van der Waals surface area contributed by atoms with E-state index in [9.17, 15) is 13.2 Å². The highest BCUT2D eigenvalue weighted by Crippen LogP contribution is 2.17. The molecule has 0 aliphatic heterocycles. The lowest BCUT2D eigenvalue weighted by Gasteiger charge is -2.13. The number of hydrogen-bond acceptors (Lipinski definition) is 4. The van der Waals surface area contributed by atoms with Crippen molar-refractivity contribution >= 4 is 15.8 Å². The summed E-state index contributed by atoms with van der Waals surface area (Å²) >= 11 is 0. The Morgan fingerprint density at radius 3 is 2.21 bits per heavy atom. The highest BCUT2D eigenvalue weighted by atomic mass is 32.2. The van der Waals surface area contributed by atoms with Crippen LogP contribution in [0.2, 0.25) is 0 Å². The summed E-state index contributed by atoms with van der Waals surface area (Å²) in [6.07, 6.45) is -0.0670. The second-order valence-corrected chi connectivity index (χ2v) is 6.89. The Bertz CT molecular complexity index is 546. The van der Waals surface area contributed by atoms with Gasteiger partial charge in [-0.05, 0) is 32.4 Å². The number of sulfone groups is 1. The summed E-state index contributed by atoms with van der Waals surface area (Å²) in [5.74, 6) is -1.61. The van der Waals surface area contributed by atoms with Crippen LogP contribution in [0.5, 0.6) is 0 Å². The molecule has 106 valence electrons. The van der Waals surface area contributed by atoms with Crippen molar-refractivity contribution in [1.29, 1.82) is 0 Å². The van der Waals surface area contributed by atoms with Gasteiger partial charge in [-0.2, -0.15) is 0 Å². The first-order valence-corrected chi connectivity index (χ1v) is 7.69. The summed E-state index contributed by atoms with van der Waals surface area (Å²) in [6.45, 7) is 3.78. The number of aliphatic carboxylic acids is 1. The Morgan fingerprint density at radius 2 is 1.79 bits per heavy atom. The van der Waals surface area contributed by atoms with Gasteiger partial charge in [0.1, 0.15) is 0 Å². The minimum absolute atomic E-state index is 0.0308. The molecule has 0 aromatic heterocycles. The van der Waals surface area contributed by atoms with Crippen LogP contribution in [0.4, 0.5) is 0 Å². The molecule has 0 saturated carbocycles. The second kappa shape index (κ2) is 6.16. The van der Waals surface area contributed by atoms with E-state index in [1.165, 1.54) is 0 Å². The van der Waals surface area contributed by atoms with E-state index in [1.54, 1.807) is 12.1 Å². The Balaban J connectivity index is 3.03. The lowest BCUT2D eigenvalue weighted by atomic mass is 10.1. The number of carboxylic acids is 1. The average Bonchev–Trinajstić information content (AvgIpc) is 2.22. The van der Waals surface area contributed by atoms with Gasteiger partial charge in [-0.1, -0.05) is 29.3 Å². The second-order valence-electron chi connectivity index (χ2n) is 4.71. The van der Waals surface area contributed by atoms with Crippen LogP contribution >= 0.6 is 0 Å². The predicted molar refractivity (Wildman–Crippen MR) is 73.6 cm³/mol. The van der Waals surface area contributed by atoms with E-state index < -0.39 is 21.1 Å². The van der Waals surface area contributed by atoms with Crippen LogP contribution in [0.3, 0.4) is 0 Å². The molecule has 0 aliphatic rings. The molecule has 0 heterocycles. The van der Waals surface area contributed by atoms with Crippen molar-refractivity contribution in [2.24, 2.45) is 5.73 Å². The van der Waals surface area contributed by atoms with Gasteiger partial charge in [-0.3, -0.25) is 4.79 Å². The zero-order valence-corrected chi connectivity index (χ0v) is 11.9. The Labute approximate surface area is 113 Å². The van der Waals surface area contributed by atoms with Crippen molar-refractivity contribution in [3.05, 3.63) is 34.9 Å². The lowest BCUT2D eigenvalue weighted by molar-refractivity contribution is -0.136. The molecule has 6 heteroatoms. The zero-order valence-electron chi connectivity index (χ0n) is 11.1. The molecule has 0 radical (unpaired) electrons. The molecule has 0 spiro atoms. The van der Waals surface area contributed by atoms with Crippen LogP contribution in [-0.2, 0) is 20.4 Å². The predicted octanol–water partition coefficient (Wildman–Crippen LogP) is 1.02. The van der Waals surface area contributed by atoms with E-state index in [4.69, 9.17) is 10.8 Å². The quantitative estimate of drug-likeness (QED) is 0.813. The van der Waals surface area contributed by atoms with Crippen LogP contribution < -0.4 is 5.73 Å². The summed E-state index contributed by atoms with van der Waals surface area (Å²) < 4.78 is 24.2. The molecule has 1 unspecified atom stereocenters. The Kier molecular flexibility index (Phi) is 5.08. The standard InChI is InChI=1S/C13H19NO4S/c1-9-5-10(2)7-11(6-9)8-19(17,18)12(3-4-14)13(15)16/h5-7,12H,3-4,8,14H2,1-2H3,(H,15,16). The van der Waals surface area contributed by atoms with Crippen LogP contribution in [0.25, 0.3) is 0 Å². The molecule has 19 heavy (non-hydrogen) atoms. The fourth-order valence-electron chi connectivity index (χ4n) is 2.09. The lowest BCUT2D eigenvalue weighted by Crippen LogP contribution is -2.33. The number of carboxylic acid groups (broad SMARTS) is 1. The van der Waals surface area contributed by atoms with Gasteiger partial charge in [-0.25, -0.2) is 8.42 Å². The fraction of sp³-hybridized carbons (Fsp3) is 0.462. The van der Waals surface area contributed by atoms with Crippen LogP contribution in [0.15, 0.2) is 18.2 Å². The van der Waals surface area contributed by atoms with Gasteiger partial charge < -0.3 is 10.8 Å². The minimum atomic E-state index is -3.75. The van der Waals surface area contributed by atoms with E-state index in [0.29, 0.717) is 5.56 Å². The minimum Gasteiger partial charge on any atom is -0.480 e. The van der Waals surface area contributed by atoms with Gasteiger partial charge in [0.25, 0.3) is 0 Å². The first kappa shape index (κ1) is 15.7. The third kappa shape index (κ3) is 4.33. The topological polar surface area (TPSA) is 97.5 Å².